The summed E-state index contributed by atoms with van der Waals surface area (Å²) in [5, 5.41) is 2.80. The first-order valence-corrected chi connectivity index (χ1v) is 8.94. The Kier molecular flexibility index (Phi) is 4.76. The highest BCUT2D eigenvalue weighted by Crippen LogP contribution is 2.34. The Bertz CT molecular complexity index is 1020. The zero-order valence-electron chi connectivity index (χ0n) is 15.4. The molecule has 1 N–H and O–H groups in total. The maximum atomic E-state index is 12.6. The smallest absolute Gasteiger partial charge is 0.265 e. The fraction of sp³-hybridized carbons (Fsp3) is 0.136. The molecular formula is C22H19N3O3. The van der Waals surface area contributed by atoms with Crippen molar-refractivity contribution in [3.8, 4) is 5.75 Å². The maximum Gasteiger partial charge on any atom is 0.265 e. The van der Waals surface area contributed by atoms with Gasteiger partial charge >= 0.3 is 0 Å². The van der Waals surface area contributed by atoms with Crippen LogP contribution >= 0.6 is 0 Å². The van der Waals surface area contributed by atoms with E-state index in [1.807, 2.05) is 31.2 Å². The van der Waals surface area contributed by atoms with Gasteiger partial charge in [0, 0.05) is 11.8 Å². The van der Waals surface area contributed by atoms with Crippen LogP contribution in [0, 0.1) is 6.92 Å². The van der Waals surface area contributed by atoms with Crippen molar-refractivity contribution < 1.29 is 14.3 Å². The summed E-state index contributed by atoms with van der Waals surface area (Å²) in [6, 6.07) is 16.6. The van der Waals surface area contributed by atoms with Crippen LogP contribution in [0.25, 0.3) is 0 Å². The van der Waals surface area contributed by atoms with E-state index in [9.17, 15) is 9.59 Å². The average Bonchev–Trinajstić information content (AvgIpc) is 2.72. The number of nitrogens with zero attached hydrogens (tertiary/aromatic N) is 2. The molecule has 6 heteroatoms. The highest BCUT2D eigenvalue weighted by molar-refractivity contribution is 6.06. The number of hydrogen-bond donors (Lipinski definition) is 1. The van der Waals surface area contributed by atoms with Crippen molar-refractivity contribution in [1.82, 2.24) is 4.98 Å². The Morgan fingerprint density at radius 2 is 2.00 bits per heavy atom. The third-order valence-corrected chi connectivity index (χ3v) is 4.54. The maximum absolute atomic E-state index is 12.6. The van der Waals surface area contributed by atoms with Gasteiger partial charge in [0.1, 0.15) is 5.75 Å². The first kappa shape index (κ1) is 17.7. The van der Waals surface area contributed by atoms with Gasteiger partial charge in [-0.25, -0.2) is 0 Å². The minimum absolute atomic E-state index is 0.0138. The summed E-state index contributed by atoms with van der Waals surface area (Å²) in [5.41, 5.74) is 3.81. The molecule has 0 radical (unpaired) electrons. The number of pyridine rings is 1. The summed E-state index contributed by atoms with van der Waals surface area (Å²) in [4.78, 5) is 30.7. The fourth-order valence-corrected chi connectivity index (χ4v) is 3.03. The normalized spacial score (nSPS) is 12.9. The molecule has 0 aliphatic carbocycles. The number of aryl methyl sites for hydroxylation is 1. The second kappa shape index (κ2) is 7.52. The molecule has 6 nitrogen and oxygen atoms in total. The minimum Gasteiger partial charge on any atom is -0.482 e. The number of amides is 2. The second-order valence-corrected chi connectivity index (χ2v) is 6.63. The van der Waals surface area contributed by atoms with E-state index in [4.69, 9.17) is 4.74 Å². The summed E-state index contributed by atoms with van der Waals surface area (Å²) in [6.07, 6.45) is 3.22. The van der Waals surface area contributed by atoms with E-state index in [-0.39, 0.29) is 18.4 Å². The molecule has 0 saturated heterocycles. The summed E-state index contributed by atoms with van der Waals surface area (Å²) in [5.74, 6) is 0.173. The molecule has 1 aromatic heterocycles. The predicted octanol–water partition coefficient (Wildman–Crippen LogP) is 3.57. The largest absolute Gasteiger partial charge is 0.482 e. The number of carbonyl (C=O) groups excluding carboxylic acids is 2. The van der Waals surface area contributed by atoms with Gasteiger partial charge in [0.05, 0.1) is 24.1 Å². The number of nitrogens with one attached hydrogen (secondary N) is 1. The number of benzene rings is 2. The topological polar surface area (TPSA) is 71.5 Å². The molecule has 140 valence electrons. The van der Waals surface area contributed by atoms with E-state index in [1.165, 1.54) is 0 Å². The van der Waals surface area contributed by atoms with Gasteiger partial charge in [0.25, 0.3) is 11.8 Å². The Labute approximate surface area is 162 Å². The van der Waals surface area contributed by atoms with Gasteiger partial charge in [-0.05, 0) is 42.8 Å². The Hall–Kier alpha value is -3.67. The van der Waals surface area contributed by atoms with Crippen molar-refractivity contribution in [2.24, 2.45) is 0 Å². The highest BCUT2D eigenvalue weighted by atomic mass is 16.5. The van der Waals surface area contributed by atoms with Crippen molar-refractivity contribution in [3.63, 3.8) is 0 Å². The molecule has 4 rings (SSSR count). The molecule has 2 amide bonds. The summed E-state index contributed by atoms with van der Waals surface area (Å²) < 4.78 is 5.54. The Morgan fingerprint density at radius 1 is 1.18 bits per heavy atom. The SMILES string of the molecule is Cc1ccc(CN2C(=O)COc3ccc(C(=O)Nc4cccnc4)cc32)cc1. The molecule has 1 aliphatic heterocycles. The lowest BCUT2D eigenvalue weighted by Crippen LogP contribution is -2.38. The van der Waals surface area contributed by atoms with Crippen LogP contribution in [-0.4, -0.2) is 23.4 Å². The van der Waals surface area contributed by atoms with Gasteiger partial charge in [-0.15, -0.1) is 0 Å². The molecular weight excluding hydrogens is 354 g/mol. The number of aromatic nitrogens is 1. The number of hydrogen-bond acceptors (Lipinski definition) is 4. The van der Waals surface area contributed by atoms with E-state index in [0.717, 1.165) is 11.1 Å². The molecule has 1 aliphatic rings. The molecule has 0 unspecified atom stereocenters. The van der Waals surface area contributed by atoms with Crippen LogP contribution in [0.3, 0.4) is 0 Å². The summed E-state index contributed by atoms with van der Waals surface area (Å²) >= 11 is 0. The molecule has 28 heavy (non-hydrogen) atoms. The van der Waals surface area contributed by atoms with Crippen molar-refractivity contribution >= 4 is 23.2 Å². The fourth-order valence-electron chi connectivity index (χ4n) is 3.03. The Balaban J connectivity index is 1.61. The minimum atomic E-state index is -0.274. The first-order valence-electron chi connectivity index (χ1n) is 8.94. The zero-order chi connectivity index (χ0) is 19.5. The predicted molar refractivity (Wildman–Crippen MR) is 106 cm³/mol. The number of fused-ring (bicyclic) bond motifs is 1. The average molecular weight is 373 g/mol. The summed E-state index contributed by atoms with van der Waals surface area (Å²) in [6.45, 7) is 2.43. The van der Waals surface area contributed by atoms with Crippen LogP contribution in [0.2, 0.25) is 0 Å². The molecule has 0 spiro atoms. The van der Waals surface area contributed by atoms with Crippen LogP contribution in [0.4, 0.5) is 11.4 Å². The second-order valence-electron chi connectivity index (χ2n) is 6.63. The third kappa shape index (κ3) is 3.71. The van der Waals surface area contributed by atoms with Gasteiger partial charge in [0.15, 0.2) is 6.61 Å². The van der Waals surface area contributed by atoms with Crippen LogP contribution < -0.4 is 15.0 Å². The number of ether oxygens (including phenoxy) is 1. The third-order valence-electron chi connectivity index (χ3n) is 4.54. The van der Waals surface area contributed by atoms with Crippen LogP contribution in [0.5, 0.6) is 5.75 Å². The molecule has 0 fully saturated rings. The monoisotopic (exact) mass is 373 g/mol. The zero-order valence-corrected chi connectivity index (χ0v) is 15.4. The molecule has 3 aromatic rings. The lowest BCUT2D eigenvalue weighted by Gasteiger charge is -2.30. The van der Waals surface area contributed by atoms with E-state index in [0.29, 0.717) is 29.2 Å². The van der Waals surface area contributed by atoms with E-state index < -0.39 is 0 Å². The highest BCUT2D eigenvalue weighted by Gasteiger charge is 2.26. The lowest BCUT2D eigenvalue weighted by atomic mass is 10.1. The van der Waals surface area contributed by atoms with Gasteiger partial charge in [0.2, 0.25) is 0 Å². The van der Waals surface area contributed by atoms with Crippen molar-refractivity contribution in [3.05, 3.63) is 83.7 Å². The number of anilines is 2. The summed E-state index contributed by atoms with van der Waals surface area (Å²) in [7, 11) is 0. The van der Waals surface area contributed by atoms with Gasteiger partial charge in [-0.3, -0.25) is 14.6 Å². The quantitative estimate of drug-likeness (QED) is 0.759. The molecule has 0 atom stereocenters. The van der Waals surface area contributed by atoms with Gasteiger partial charge in [-0.2, -0.15) is 0 Å². The van der Waals surface area contributed by atoms with Gasteiger partial charge in [-0.1, -0.05) is 29.8 Å². The van der Waals surface area contributed by atoms with Crippen LogP contribution in [0.1, 0.15) is 21.5 Å². The van der Waals surface area contributed by atoms with Crippen molar-refractivity contribution in [1.29, 1.82) is 0 Å². The molecule has 2 heterocycles. The Morgan fingerprint density at radius 3 is 2.75 bits per heavy atom. The molecule has 0 bridgehead atoms. The van der Waals surface area contributed by atoms with E-state index in [1.54, 1.807) is 47.6 Å². The van der Waals surface area contributed by atoms with Crippen LogP contribution in [0.15, 0.2) is 67.0 Å². The van der Waals surface area contributed by atoms with Crippen molar-refractivity contribution in [2.75, 3.05) is 16.8 Å². The number of rotatable bonds is 4. The lowest BCUT2D eigenvalue weighted by molar-refractivity contribution is -0.121. The molecule has 2 aromatic carbocycles. The van der Waals surface area contributed by atoms with Crippen LogP contribution in [-0.2, 0) is 11.3 Å². The van der Waals surface area contributed by atoms with Gasteiger partial charge < -0.3 is 15.0 Å². The van der Waals surface area contributed by atoms with E-state index in [2.05, 4.69) is 10.3 Å². The van der Waals surface area contributed by atoms with E-state index >= 15 is 0 Å². The first-order chi connectivity index (χ1) is 13.6. The standard InChI is InChI=1S/C22H19N3O3/c1-15-4-6-16(7-5-15)13-25-19-11-17(8-9-20(19)28-14-21(25)26)22(27)24-18-3-2-10-23-12-18/h2-12H,13-14H2,1H3,(H,24,27). The van der Waals surface area contributed by atoms with Crippen molar-refractivity contribution in [2.45, 2.75) is 13.5 Å². The molecule has 0 saturated carbocycles. The number of carbonyl (C=O) groups is 2.